The Bertz CT molecular complexity index is 1190. The van der Waals surface area contributed by atoms with E-state index in [0.29, 0.717) is 35.2 Å². The van der Waals surface area contributed by atoms with Crippen LogP contribution in [0.1, 0.15) is 18.4 Å². The number of hydrogen-bond donors (Lipinski definition) is 2. The van der Waals surface area contributed by atoms with Crippen LogP contribution in [0.15, 0.2) is 36.8 Å². The molecule has 1 aromatic carbocycles. The molecule has 1 aliphatic heterocycles. The lowest BCUT2D eigenvalue weighted by molar-refractivity contribution is -0.186. The molecule has 180 valence electrons. The number of benzene rings is 1. The molecule has 4 rings (SSSR count). The van der Waals surface area contributed by atoms with E-state index in [-0.39, 0.29) is 19.1 Å². The fourth-order valence-electron chi connectivity index (χ4n) is 3.77. The first kappa shape index (κ1) is 23.8. The number of anilines is 3. The number of carbonyl (C=O) groups excluding carboxylic acids is 1. The molecular formula is C22H23ClF3N7O. The number of halogens is 4. The Morgan fingerprint density at radius 3 is 2.56 bits per heavy atom. The van der Waals surface area contributed by atoms with Gasteiger partial charge in [-0.3, -0.25) is 9.48 Å². The molecule has 1 amide bonds. The number of nitrogens with zero attached hydrogens (tertiary/aromatic N) is 5. The van der Waals surface area contributed by atoms with E-state index in [1.165, 1.54) is 0 Å². The number of likely N-dealkylation sites (tertiary alicyclic amines) is 1. The maximum atomic E-state index is 12.7. The van der Waals surface area contributed by atoms with Crippen molar-refractivity contribution >= 4 is 35.0 Å². The standard InChI is InChI=1S/C22H23ClF3N7O/c1-13-9-16(3-4-18(13)23)30-21-27-11-17(14-10-28-32(2)12-14)19(31-21)29-15-5-7-33(8-6-15)20(34)22(24,25)26/h3-4,9-12,15H,5-8H2,1-2H3,(H2,27,29,30,31). The van der Waals surface area contributed by atoms with Crippen LogP contribution in [0.5, 0.6) is 0 Å². The molecule has 8 nitrogen and oxygen atoms in total. The molecule has 2 aromatic heterocycles. The van der Waals surface area contributed by atoms with Gasteiger partial charge in [0.2, 0.25) is 5.95 Å². The molecule has 0 spiro atoms. The predicted molar refractivity (Wildman–Crippen MR) is 123 cm³/mol. The summed E-state index contributed by atoms with van der Waals surface area (Å²) in [5.41, 5.74) is 3.17. The number of rotatable bonds is 5. The molecule has 2 N–H and O–H groups in total. The summed E-state index contributed by atoms with van der Waals surface area (Å²) in [5, 5.41) is 11.3. The van der Waals surface area contributed by atoms with Crippen molar-refractivity contribution < 1.29 is 18.0 Å². The van der Waals surface area contributed by atoms with Crippen molar-refractivity contribution in [2.75, 3.05) is 23.7 Å². The van der Waals surface area contributed by atoms with Crippen molar-refractivity contribution in [1.29, 1.82) is 0 Å². The zero-order chi connectivity index (χ0) is 24.5. The first-order chi connectivity index (χ1) is 16.1. The van der Waals surface area contributed by atoms with Crippen molar-refractivity contribution in [2.24, 2.45) is 7.05 Å². The van der Waals surface area contributed by atoms with Crippen molar-refractivity contribution in [1.82, 2.24) is 24.6 Å². The predicted octanol–water partition coefficient (Wildman–Crippen LogP) is 4.55. The molecule has 1 aliphatic rings. The average molecular weight is 494 g/mol. The molecule has 0 bridgehead atoms. The van der Waals surface area contributed by atoms with Gasteiger partial charge >= 0.3 is 12.1 Å². The Kier molecular flexibility index (Phi) is 6.65. The van der Waals surface area contributed by atoms with Crippen LogP contribution in [0, 0.1) is 6.92 Å². The largest absolute Gasteiger partial charge is 0.471 e. The van der Waals surface area contributed by atoms with Gasteiger partial charge in [0.15, 0.2) is 0 Å². The molecular weight excluding hydrogens is 471 g/mol. The number of aryl methyl sites for hydroxylation is 2. The lowest BCUT2D eigenvalue weighted by Gasteiger charge is -2.33. The van der Waals surface area contributed by atoms with Crippen molar-refractivity contribution in [3.8, 4) is 11.1 Å². The van der Waals surface area contributed by atoms with Gasteiger partial charge in [0, 0.05) is 60.4 Å². The summed E-state index contributed by atoms with van der Waals surface area (Å²) < 4.78 is 39.9. The molecule has 3 aromatic rings. The fourth-order valence-corrected chi connectivity index (χ4v) is 3.89. The molecule has 0 saturated carbocycles. The summed E-state index contributed by atoms with van der Waals surface area (Å²) in [6, 6.07) is 5.31. The van der Waals surface area contributed by atoms with E-state index in [0.717, 1.165) is 21.7 Å². The number of hydrogen-bond acceptors (Lipinski definition) is 6. The highest BCUT2D eigenvalue weighted by Gasteiger charge is 2.43. The van der Waals surface area contributed by atoms with Crippen LogP contribution in [0.25, 0.3) is 11.1 Å². The van der Waals surface area contributed by atoms with Crippen molar-refractivity contribution in [3.05, 3.63) is 47.4 Å². The first-order valence-electron chi connectivity index (χ1n) is 10.6. The van der Waals surface area contributed by atoms with Crippen LogP contribution >= 0.6 is 11.6 Å². The number of piperidine rings is 1. The Hall–Kier alpha value is -3.34. The summed E-state index contributed by atoms with van der Waals surface area (Å²) in [6.45, 7) is 1.92. The SMILES string of the molecule is Cc1cc(Nc2ncc(-c3cnn(C)c3)c(NC3CCN(C(=O)C(F)(F)F)CC3)n2)ccc1Cl. The van der Waals surface area contributed by atoms with Gasteiger partial charge in [-0.05, 0) is 43.5 Å². The van der Waals surface area contributed by atoms with Crippen LogP contribution in [0.3, 0.4) is 0 Å². The lowest BCUT2D eigenvalue weighted by Crippen LogP contribution is -2.47. The zero-order valence-electron chi connectivity index (χ0n) is 18.5. The quantitative estimate of drug-likeness (QED) is 0.542. The van der Waals surface area contributed by atoms with Crippen LogP contribution in [-0.4, -0.2) is 55.9 Å². The van der Waals surface area contributed by atoms with E-state index in [2.05, 4.69) is 25.7 Å². The summed E-state index contributed by atoms with van der Waals surface area (Å²) in [6.07, 6.45) is 1.03. The summed E-state index contributed by atoms with van der Waals surface area (Å²) in [5.74, 6) is -0.924. The van der Waals surface area contributed by atoms with Crippen LogP contribution in [-0.2, 0) is 11.8 Å². The summed E-state index contributed by atoms with van der Waals surface area (Å²) >= 11 is 6.10. The molecule has 0 aliphatic carbocycles. The van der Waals surface area contributed by atoms with E-state index in [9.17, 15) is 18.0 Å². The van der Waals surface area contributed by atoms with Gasteiger partial charge < -0.3 is 15.5 Å². The Balaban J connectivity index is 1.55. The number of nitrogens with one attached hydrogen (secondary N) is 2. The number of alkyl halides is 3. The molecule has 0 radical (unpaired) electrons. The van der Waals surface area contributed by atoms with E-state index in [1.807, 2.05) is 25.3 Å². The number of amides is 1. The highest BCUT2D eigenvalue weighted by atomic mass is 35.5. The third kappa shape index (κ3) is 5.41. The normalized spacial score (nSPS) is 14.8. The average Bonchev–Trinajstić information content (AvgIpc) is 3.22. The van der Waals surface area contributed by atoms with Crippen molar-refractivity contribution in [3.63, 3.8) is 0 Å². The van der Waals surface area contributed by atoms with Crippen LogP contribution in [0.2, 0.25) is 5.02 Å². The third-order valence-electron chi connectivity index (χ3n) is 5.58. The van der Waals surface area contributed by atoms with Gasteiger partial charge in [-0.1, -0.05) is 11.6 Å². The minimum atomic E-state index is -4.86. The highest BCUT2D eigenvalue weighted by Crippen LogP contribution is 2.30. The zero-order valence-corrected chi connectivity index (χ0v) is 19.3. The summed E-state index contributed by atoms with van der Waals surface area (Å²) in [7, 11) is 1.80. The number of aromatic nitrogens is 4. The van der Waals surface area contributed by atoms with Crippen LogP contribution < -0.4 is 10.6 Å². The second-order valence-corrected chi connectivity index (χ2v) is 8.56. The Morgan fingerprint density at radius 1 is 1.21 bits per heavy atom. The van der Waals surface area contributed by atoms with Crippen LogP contribution in [0.4, 0.5) is 30.6 Å². The van der Waals surface area contributed by atoms with E-state index in [1.54, 1.807) is 30.2 Å². The van der Waals surface area contributed by atoms with E-state index in [4.69, 9.17) is 11.6 Å². The van der Waals surface area contributed by atoms with Gasteiger partial charge in [-0.15, -0.1) is 0 Å². The van der Waals surface area contributed by atoms with Gasteiger partial charge in [0.25, 0.3) is 0 Å². The topological polar surface area (TPSA) is 88.0 Å². The summed E-state index contributed by atoms with van der Waals surface area (Å²) in [4.78, 5) is 21.4. The lowest BCUT2D eigenvalue weighted by atomic mass is 10.0. The molecule has 1 saturated heterocycles. The van der Waals surface area contributed by atoms with Crippen molar-refractivity contribution in [2.45, 2.75) is 32.0 Å². The molecule has 12 heteroatoms. The van der Waals surface area contributed by atoms with E-state index >= 15 is 0 Å². The maximum absolute atomic E-state index is 12.7. The Labute approximate surface area is 199 Å². The minimum absolute atomic E-state index is 0.0124. The smallest absolute Gasteiger partial charge is 0.367 e. The molecule has 0 unspecified atom stereocenters. The molecule has 0 atom stereocenters. The second kappa shape index (κ2) is 9.49. The number of carbonyl (C=O) groups is 1. The monoisotopic (exact) mass is 493 g/mol. The van der Waals surface area contributed by atoms with E-state index < -0.39 is 12.1 Å². The highest BCUT2D eigenvalue weighted by molar-refractivity contribution is 6.31. The van der Waals surface area contributed by atoms with Gasteiger partial charge in [0.05, 0.1) is 6.20 Å². The molecule has 1 fully saturated rings. The van der Waals surface area contributed by atoms with Gasteiger partial charge in [-0.2, -0.15) is 23.3 Å². The molecule has 3 heterocycles. The third-order valence-corrected chi connectivity index (χ3v) is 6.01. The second-order valence-electron chi connectivity index (χ2n) is 8.16. The van der Waals surface area contributed by atoms with Gasteiger partial charge in [0.1, 0.15) is 5.82 Å². The molecule has 34 heavy (non-hydrogen) atoms. The first-order valence-corrected chi connectivity index (χ1v) is 11.0. The van der Waals surface area contributed by atoms with Gasteiger partial charge in [-0.25, -0.2) is 4.98 Å². The fraction of sp³-hybridized carbons (Fsp3) is 0.364. The Morgan fingerprint density at radius 2 is 1.94 bits per heavy atom. The minimum Gasteiger partial charge on any atom is -0.367 e. The maximum Gasteiger partial charge on any atom is 0.471 e.